The fourth-order valence-corrected chi connectivity index (χ4v) is 3.21. The summed E-state index contributed by atoms with van der Waals surface area (Å²) in [5.41, 5.74) is 0. The molecule has 31 heavy (non-hydrogen) atoms. The summed E-state index contributed by atoms with van der Waals surface area (Å²) in [6, 6.07) is 0. The van der Waals surface area contributed by atoms with Crippen LogP contribution in [0.4, 0.5) is 9.59 Å². The minimum absolute atomic E-state index is 0.174. The van der Waals surface area contributed by atoms with Gasteiger partial charge in [-0.15, -0.1) is 0 Å². The summed E-state index contributed by atoms with van der Waals surface area (Å²) in [5.74, 6) is 0. The smallest absolute Gasteiger partial charge is 0.407 e. The zero-order chi connectivity index (χ0) is 23.8. The molecule has 0 aliphatic heterocycles. The summed E-state index contributed by atoms with van der Waals surface area (Å²) in [6.07, 6.45) is -0.151. The SMILES string of the molecule is CC(O)CN(CCCNC(=O)OC(C)CN(C)C)CCCNC(=O)OC(C)CN(C)C. The normalized spacial score (nSPS) is 14.4. The van der Waals surface area contributed by atoms with Crippen molar-refractivity contribution < 1.29 is 24.2 Å². The van der Waals surface area contributed by atoms with Crippen molar-refractivity contribution in [2.75, 3.05) is 74.0 Å². The van der Waals surface area contributed by atoms with Crippen molar-refractivity contribution in [1.29, 1.82) is 0 Å². The minimum atomic E-state index is -0.449. The lowest BCUT2D eigenvalue weighted by atomic mass is 10.3. The van der Waals surface area contributed by atoms with Gasteiger partial charge in [0.15, 0.2) is 0 Å². The zero-order valence-electron chi connectivity index (χ0n) is 20.5. The van der Waals surface area contributed by atoms with E-state index in [-0.39, 0.29) is 12.2 Å². The summed E-state index contributed by atoms with van der Waals surface area (Å²) in [7, 11) is 7.72. The molecule has 0 aromatic rings. The number of rotatable bonds is 16. The molecule has 0 rings (SSSR count). The lowest BCUT2D eigenvalue weighted by Gasteiger charge is -2.24. The molecular formula is C21H45N5O5. The number of carbonyl (C=O) groups is 2. The lowest BCUT2D eigenvalue weighted by Crippen LogP contribution is -2.38. The van der Waals surface area contributed by atoms with E-state index in [9.17, 15) is 14.7 Å². The van der Waals surface area contributed by atoms with Crippen molar-refractivity contribution in [3.63, 3.8) is 0 Å². The number of nitrogens with one attached hydrogen (secondary N) is 2. The van der Waals surface area contributed by atoms with Crippen molar-refractivity contribution in [2.24, 2.45) is 0 Å². The van der Waals surface area contributed by atoms with Crippen LogP contribution in [0.3, 0.4) is 0 Å². The molecule has 3 atom stereocenters. The maximum atomic E-state index is 11.8. The Morgan fingerprint density at radius 2 is 1.16 bits per heavy atom. The molecule has 3 N–H and O–H groups in total. The Bertz CT molecular complexity index is 453. The molecule has 0 bridgehead atoms. The van der Waals surface area contributed by atoms with Gasteiger partial charge < -0.3 is 39.9 Å². The predicted molar refractivity (Wildman–Crippen MR) is 122 cm³/mol. The molecule has 0 aromatic carbocycles. The number of hydrogen-bond donors (Lipinski definition) is 3. The van der Waals surface area contributed by atoms with E-state index in [0.29, 0.717) is 32.7 Å². The van der Waals surface area contributed by atoms with Crippen molar-refractivity contribution >= 4 is 12.2 Å². The third-order valence-electron chi connectivity index (χ3n) is 4.22. The molecule has 0 radical (unpaired) electrons. The Balaban J connectivity index is 4.08. The number of aliphatic hydroxyl groups is 1. The highest BCUT2D eigenvalue weighted by atomic mass is 16.6. The predicted octanol–water partition coefficient (Wildman–Crippen LogP) is 0.802. The van der Waals surface area contributed by atoms with Gasteiger partial charge in [0, 0.05) is 32.7 Å². The highest BCUT2D eigenvalue weighted by Crippen LogP contribution is 1.99. The van der Waals surface area contributed by atoms with Crippen LogP contribution in [0.5, 0.6) is 0 Å². The van der Waals surface area contributed by atoms with E-state index >= 15 is 0 Å². The van der Waals surface area contributed by atoms with E-state index in [2.05, 4.69) is 15.5 Å². The summed E-state index contributed by atoms with van der Waals surface area (Å²) in [5, 5.41) is 15.3. The highest BCUT2D eigenvalue weighted by molar-refractivity contribution is 5.67. The van der Waals surface area contributed by atoms with Gasteiger partial charge in [0.2, 0.25) is 0 Å². The first kappa shape index (κ1) is 29.4. The largest absolute Gasteiger partial charge is 0.445 e. The van der Waals surface area contributed by atoms with Gasteiger partial charge in [0.05, 0.1) is 6.10 Å². The second-order valence-electron chi connectivity index (χ2n) is 8.67. The molecule has 0 heterocycles. The molecule has 0 saturated carbocycles. The van der Waals surface area contributed by atoms with Gasteiger partial charge in [0.25, 0.3) is 0 Å². The Morgan fingerprint density at radius 3 is 1.48 bits per heavy atom. The van der Waals surface area contributed by atoms with Crippen molar-refractivity contribution in [2.45, 2.75) is 51.9 Å². The number of alkyl carbamates (subject to hydrolysis) is 2. The van der Waals surface area contributed by atoms with Crippen molar-refractivity contribution in [3.05, 3.63) is 0 Å². The molecule has 0 aromatic heterocycles. The molecule has 0 fully saturated rings. The molecule has 184 valence electrons. The fourth-order valence-electron chi connectivity index (χ4n) is 3.21. The first-order valence-electron chi connectivity index (χ1n) is 11.1. The molecule has 0 saturated heterocycles. The first-order valence-corrected chi connectivity index (χ1v) is 11.1. The van der Waals surface area contributed by atoms with Crippen LogP contribution in [0.1, 0.15) is 33.6 Å². The van der Waals surface area contributed by atoms with Crippen LogP contribution in [0.25, 0.3) is 0 Å². The summed E-state index contributed by atoms with van der Waals surface area (Å²) < 4.78 is 10.6. The second kappa shape index (κ2) is 17.0. The van der Waals surface area contributed by atoms with Crippen LogP contribution < -0.4 is 10.6 Å². The Morgan fingerprint density at radius 1 is 0.774 bits per heavy atom. The monoisotopic (exact) mass is 447 g/mol. The summed E-state index contributed by atoms with van der Waals surface area (Å²) in [4.78, 5) is 29.7. The summed E-state index contributed by atoms with van der Waals surface area (Å²) >= 11 is 0. The average Bonchev–Trinajstić information content (AvgIpc) is 2.59. The minimum Gasteiger partial charge on any atom is -0.445 e. The van der Waals surface area contributed by atoms with E-state index in [1.54, 1.807) is 6.92 Å². The van der Waals surface area contributed by atoms with Gasteiger partial charge in [-0.05, 0) is 74.9 Å². The third kappa shape index (κ3) is 18.8. The van der Waals surface area contributed by atoms with E-state index in [4.69, 9.17) is 9.47 Å². The molecule has 10 nitrogen and oxygen atoms in total. The van der Waals surface area contributed by atoms with Gasteiger partial charge in [-0.25, -0.2) is 9.59 Å². The number of hydrogen-bond acceptors (Lipinski definition) is 8. The maximum Gasteiger partial charge on any atom is 0.407 e. The zero-order valence-corrected chi connectivity index (χ0v) is 20.5. The first-order chi connectivity index (χ1) is 14.5. The van der Waals surface area contributed by atoms with Crippen molar-refractivity contribution in [3.8, 4) is 0 Å². The van der Waals surface area contributed by atoms with Crippen LogP contribution in [-0.2, 0) is 9.47 Å². The third-order valence-corrected chi connectivity index (χ3v) is 4.22. The quantitative estimate of drug-likeness (QED) is 0.298. The van der Waals surface area contributed by atoms with Gasteiger partial charge in [-0.1, -0.05) is 0 Å². The lowest BCUT2D eigenvalue weighted by molar-refractivity contribution is 0.0899. The van der Waals surface area contributed by atoms with Gasteiger partial charge in [0.1, 0.15) is 12.2 Å². The molecule has 0 spiro atoms. The van der Waals surface area contributed by atoms with Gasteiger partial charge in [-0.3, -0.25) is 0 Å². The van der Waals surface area contributed by atoms with Crippen molar-refractivity contribution in [1.82, 2.24) is 25.3 Å². The molecule has 0 aliphatic rings. The number of aliphatic hydroxyl groups excluding tert-OH is 1. The van der Waals surface area contributed by atoms with Crippen LogP contribution in [0.15, 0.2) is 0 Å². The fraction of sp³-hybridized carbons (Fsp3) is 0.905. The molecule has 10 heteroatoms. The number of nitrogens with zero attached hydrogens (tertiary/aromatic N) is 3. The average molecular weight is 448 g/mol. The maximum absolute atomic E-state index is 11.8. The standard InChI is InChI=1S/C21H45N5O5/c1-17(27)14-26(12-8-10-22-20(28)30-18(2)15-24(4)5)13-9-11-23-21(29)31-19(3)16-25(6)7/h17-19,27H,8-16H2,1-7H3,(H,22,28)(H,23,29). The number of ether oxygens (including phenoxy) is 2. The molecule has 2 amide bonds. The van der Waals surface area contributed by atoms with E-state index < -0.39 is 18.3 Å². The highest BCUT2D eigenvalue weighted by Gasteiger charge is 2.12. The Hall–Kier alpha value is -1.62. The van der Waals surface area contributed by atoms with Crippen LogP contribution in [0, 0.1) is 0 Å². The number of likely N-dealkylation sites (N-methyl/N-ethyl adjacent to an activating group) is 2. The summed E-state index contributed by atoms with van der Waals surface area (Å²) in [6.45, 7) is 9.79. The van der Waals surface area contributed by atoms with E-state index in [1.807, 2.05) is 51.8 Å². The Labute approximate surface area is 188 Å². The van der Waals surface area contributed by atoms with Crippen LogP contribution in [0.2, 0.25) is 0 Å². The Kier molecular flexibility index (Phi) is 16.1. The van der Waals surface area contributed by atoms with Crippen LogP contribution in [-0.4, -0.2) is 124 Å². The van der Waals surface area contributed by atoms with Gasteiger partial charge >= 0.3 is 12.2 Å². The molecule has 3 unspecified atom stereocenters. The number of amides is 2. The topological polar surface area (TPSA) is 107 Å². The van der Waals surface area contributed by atoms with Gasteiger partial charge in [-0.2, -0.15) is 0 Å². The van der Waals surface area contributed by atoms with E-state index in [1.165, 1.54) is 0 Å². The van der Waals surface area contributed by atoms with E-state index in [0.717, 1.165) is 25.9 Å². The molecule has 0 aliphatic carbocycles. The second-order valence-corrected chi connectivity index (χ2v) is 8.67. The number of carbonyl (C=O) groups excluding carboxylic acids is 2. The molecular weight excluding hydrogens is 402 g/mol. The van der Waals surface area contributed by atoms with Crippen LogP contribution >= 0.6 is 0 Å².